The van der Waals surface area contributed by atoms with Gasteiger partial charge in [0.15, 0.2) is 10.7 Å². The molecule has 0 N–H and O–H groups in total. The van der Waals surface area contributed by atoms with Crippen molar-refractivity contribution in [1.29, 1.82) is 0 Å². The van der Waals surface area contributed by atoms with Gasteiger partial charge in [0, 0.05) is 40.5 Å². The van der Waals surface area contributed by atoms with Crippen LogP contribution in [0.2, 0.25) is 0 Å². The molecule has 1 aliphatic rings. The second kappa shape index (κ2) is 8.76. The quantitative estimate of drug-likeness (QED) is 0.497. The minimum atomic E-state index is -0.745. The topological polar surface area (TPSA) is 59.1 Å². The number of hydrogen-bond donors (Lipinski definition) is 2. The van der Waals surface area contributed by atoms with Crippen molar-refractivity contribution < 1.29 is 19.1 Å². The molecule has 1 rings (SSSR count). The summed E-state index contributed by atoms with van der Waals surface area (Å²) in [6.45, 7) is 1.95. The van der Waals surface area contributed by atoms with Gasteiger partial charge in [-0.25, -0.2) is 0 Å². The monoisotopic (exact) mass is 322 g/mol. The van der Waals surface area contributed by atoms with Crippen molar-refractivity contribution in [3.05, 3.63) is 0 Å². The third-order valence-corrected chi connectivity index (χ3v) is 4.09. The molecule has 1 saturated heterocycles. The van der Waals surface area contributed by atoms with Crippen molar-refractivity contribution in [1.82, 2.24) is 9.80 Å². The van der Waals surface area contributed by atoms with Gasteiger partial charge >= 0.3 is 0 Å². The number of thiol groups is 2. The molecule has 2 unspecified atom stereocenters. The second-order valence-electron chi connectivity index (χ2n) is 4.50. The number of carbonyl (C=O) groups excluding carboxylic acids is 2. The first kappa shape index (κ1) is 17.6. The fourth-order valence-electron chi connectivity index (χ4n) is 2.03. The first-order valence-electron chi connectivity index (χ1n) is 6.49. The first-order chi connectivity index (χ1) is 9.54. The average molecular weight is 322 g/mol. The lowest BCUT2D eigenvalue weighted by Crippen LogP contribution is -2.61. The molecule has 0 bridgehead atoms. The summed E-state index contributed by atoms with van der Waals surface area (Å²) >= 11 is 8.53. The van der Waals surface area contributed by atoms with Crippen LogP contribution in [0.5, 0.6) is 0 Å². The van der Waals surface area contributed by atoms with Crippen LogP contribution in [-0.4, -0.2) is 72.9 Å². The maximum Gasteiger partial charge on any atom is 0.256 e. The minimum Gasteiger partial charge on any atom is -0.385 e. The zero-order chi connectivity index (χ0) is 15.1. The number of methoxy groups -OCH3 is 2. The number of carbonyl (C=O) groups is 2. The van der Waals surface area contributed by atoms with E-state index in [1.165, 1.54) is 9.80 Å². The Morgan fingerprint density at radius 2 is 1.25 bits per heavy atom. The molecular formula is C12H22N2O4S2. The van der Waals surface area contributed by atoms with E-state index in [4.69, 9.17) is 9.47 Å². The summed E-state index contributed by atoms with van der Waals surface area (Å²) < 4.78 is 9.90. The Kier molecular flexibility index (Phi) is 7.71. The molecule has 0 saturated carbocycles. The van der Waals surface area contributed by atoms with Crippen LogP contribution in [-0.2, 0) is 19.1 Å². The van der Waals surface area contributed by atoms with E-state index in [0.29, 0.717) is 39.1 Å². The van der Waals surface area contributed by atoms with E-state index in [0.717, 1.165) is 0 Å². The molecule has 2 amide bonds. The fourth-order valence-corrected chi connectivity index (χ4v) is 2.78. The SMILES string of the molecule is COCCCN1C(=O)C(S)N(CCCOC)C(=O)C1S. The van der Waals surface area contributed by atoms with Gasteiger partial charge in [-0.05, 0) is 12.8 Å². The van der Waals surface area contributed by atoms with Gasteiger partial charge in [0.1, 0.15) is 0 Å². The Hall–Kier alpha value is -0.440. The molecule has 6 nitrogen and oxygen atoms in total. The molecule has 2 atom stereocenters. The number of ether oxygens (including phenoxy) is 2. The summed E-state index contributed by atoms with van der Waals surface area (Å²) in [7, 11) is 3.20. The van der Waals surface area contributed by atoms with E-state index in [2.05, 4.69) is 25.3 Å². The third-order valence-electron chi connectivity index (χ3n) is 3.09. The van der Waals surface area contributed by atoms with Crippen molar-refractivity contribution in [2.45, 2.75) is 23.6 Å². The van der Waals surface area contributed by atoms with E-state index in [-0.39, 0.29) is 11.8 Å². The number of piperazine rings is 1. The molecule has 0 aromatic heterocycles. The Morgan fingerprint density at radius 1 is 0.900 bits per heavy atom. The summed E-state index contributed by atoms with van der Waals surface area (Å²) in [4.78, 5) is 27.4. The molecule has 116 valence electrons. The molecule has 0 aliphatic carbocycles. The lowest BCUT2D eigenvalue weighted by molar-refractivity contribution is -0.153. The highest BCUT2D eigenvalue weighted by Crippen LogP contribution is 2.23. The highest BCUT2D eigenvalue weighted by atomic mass is 32.1. The molecule has 0 aromatic rings. The molecule has 8 heteroatoms. The summed E-state index contributed by atoms with van der Waals surface area (Å²) in [6.07, 6.45) is 1.33. The first-order valence-corrected chi connectivity index (χ1v) is 7.52. The third kappa shape index (κ3) is 4.28. The van der Waals surface area contributed by atoms with Crippen LogP contribution < -0.4 is 0 Å². The molecule has 1 heterocycles. The van der Waals surface area contributed by atoms with Gasteiger partial charge in [-0.1, -0.05) is 0 Å². The van der Waals surface area contributed by atoms with E-state index in [9.17, 15) is 9.59 Å². The van der Waals surface area contributed by atoms with Gasteiger partial charge in [0.2, 0.25) is 0 Å². The van der Waals surface area contributed by atoms with Crippen molar-refractivity contribution in [3.8, 4) is 0 Å². The predicted molar refractivity (Wildman–Crippen MR) is 82.0 cm³/mol. The predicted octanol–water partition coefficient (Wildman–Crippen LogP) is 0.242. The van der Waals surface area contributed by atoms with Crippen molar-refractivity contribution in [2.75, 3.05) is 40.5 Å². The molecule has 1 aliphatic heterocycles. The van der Waals surface area contributed by atoms with Crippen LogP contribution >= 0.6 is 25.3 Å². The van der Waals surface area contributed by atoms with Gasteiger partial charge in [0.05, 0.1) is 0 Å². The summed E-state index contributed by atoms with van der Waals surface area (Å²) in [5, 5.41) is -1.49. The zero-order valence-corrected chi connectivity index (χ0v) is 13.6. The molecule has 0 spiro atoms. The Balaban J connectivity index is 2.65. The number of nitrogens with zero attached hydrogens (tertiary/aromatic N) is 2. The number of amides is 2. The second-order valence-corrected chi connectivity index (χ2v) is 5.48. The van der Waals surface area contributed by atoms with Crippen LogP contribution in [0.15, 0.2) is 0 Å². The van der Waals surface area contributed by atoms with Crippen LogP contribution in [0.1, 0.15) is 12.8 Å². The van der Waals surface area contributed by atoms with E-state index < -0.39 is 10.7 Å². The summed E-state index contributed by atoms with van der Waals surface area (Å²) in [6, 6.07) is 0. The Morgan fingerprint density at radius 3 is 1.55 bits per heavy atom. The summed E-state index contributed by atoms with van der Waals surface area (Å²) in [5.74, 6) is -0.386. The van der Waals surface area contributed by atoms with Gasteiger partial charge in [-0.3, -0.25) is 9.59 Å². The standard InChI is InChI=1S/C12H22N2O4S2/c1-17-7-3-5-13-9(15)12(20)14(6-4-8-18-2)10(16)11(13)19/h11-12,19-20H,3-8H2,1-2H3. The Bertz CT molecular complexity index is 311. The van der Waals surface area contributed by atoms with Gasteiger partial charge in [-0.2, -0.15) is 0 Å². The lowest BCUT2D eigenvalue weighted by Gasteiger charge is -2.41. The van der Waals surface area contributed by atoms with E-state index in [1.807, 2.05) is 0 Å². The Labute approximate surface area is 130 Å². The van der Waals surface area contributed by atoms with E-state index in [1.54, 1.807) is 14.2 Å². The minimum absolute atomic E-state index is 0.193. The smallest absolute Gasteiger partial charge is 0.256 e. The van der Waals surface area contributed by atoms with Crippen molar-refractivity contribution >= 4 is 37.1 Å². The largest absolute Gasteiger partial charge is 0.385 e. The maximum absolute atomic E-state index is 12.3. The molecular weight excluding hydrogens is 300 g/mol. The van der Waals surface area contributed by atoms with Crippen LogP contribution in [0.4, 0.5) is 0 Å². The van der Waals surface area contributed by atoms with Gasteiger partial charge in [-0.15, -0.1) is 25.3 Å². The molecule has 1 fully saturated rings. The number of hydrogen-bond acceptors (Lipinski definition) is 6. The normalized spacial score (nSPS) is 23.6. The molecule has 20 heavy (non-hydrogen) atoms. The van der Waals surface area contributed by atoms with Gasteiger partial charge in [0.25, 0.3) is 11.8 Å². The van der Waals surface area contributed by atoms with Crippen LogP contribution in [0.25, 0.3) is 0 Å². The lowest BCUT2D eigenvalue weighted by atomic mass is 10.2. The van der Waals surface area contributed by atoms with Gasteiger partial charge < -0.3 is 19.3 Å². The van der Waals surface area contributed by atoms with E-state index >= 15 is 0 Å². The van der Waals surface area contributed by atoms with Crippen molar-refractivity contribution in [2.24, 2.45) is 0 Å². The molecule has 0 radical (unpaired) electrons. The van der Waals surface area contributed by atoms with Crippen LogP contribution in [0.3, 0.4) is 0 Å². The van der Waals surface area contributed by atoms with Crippen LogP contribution in [0, 0.1) is 0 Å². The zero-order valence-electron chi connectivity index (χ0n) is 11.8. The fraction of sp³-hybridized carbons (Fsp3) is 0.833. The summed E-state index contributed by atoms with van der Waals surface area (Å²) in [5.41, 5.74) is 0. The van der Waals surface area contributed by atoms with Crippen molar-refractivity contribution in [3.63, 3.8) is 0 Å². The highest BCUT2D eigenvalue weighted by molar-refractivity contribution is 7.82. The maximum atomic E-state index is 12.3. The highest BCUT2D eigenvalue weighted by Gasteiger charge is 2.42. The number of rotatable bonds is 8. The average Bonchev–Trinajstić information content (AvgIpc) is 2.44. The molecule has 0 aromatic carbocycles.